The highest BCUT2D eigenvalue weighted by Gasteiger charge is 2.33. The van der Waals surface area contributed by atoms with Crippen molar-refractivity contribution in [2.24, 2.45) is 0 Å². The minimum absolute atomic E-state index is 0.0369. The number of sulfonamides is 1. The van der Waals surface area contributed by atoms with E-state index in [4.69, 9.17) is 27.7 Å². The number of benzene rings is 1. The Kier molecular flexibility index (Phi) is 6.08. The Hall–Kier alpha value is -1.19. The van der Waals surface area contributed by atoms with Gasteiger partial charge in [0.25, 0.3) is 0 Å². The Morgan fingerprint density at radius 2 is 1.79 bits per heavy atom. The molecule has 0 aliphatic carbocycles. The molecule has 3 rings (SSSR count). The van der Waals surface area contributed by atoms with Crippen LogP contribution in [0.4, 0.5) is 0 Å². The van der Waals surface area contributed by atoms with Crippen LogP contribution in [0, 0.1) is 0 Å². The van der Waals surface area contributed by atoms with Crippen LogP contribution < -0.4 is 0 Å². The third kappa shape index (κ3) is 4.36. The molecule has 1 aromatic carbocycles. The molecule has 0 saturated carbocycles. The highest BCUT2D eigenvalue weighted by molar-refractivity contribution is 7.89. The van der Waals surface area contributed by atoms with Crippen molar-refractivity contribution in [1.82, 2.24) is 19.3 Å². The zero-order chi connectivity index (χ0) is 20.7. The van der Waals surface area contributed by atoms with Crippen LogP contribution >= 0.6 is 23.2 Å². The molecule has 7 nitrogen and oxygen atoms in total. The number of aromatic nitrogens is 2. The molecule has 1 fully saturated rings. The second-order valence-corrected chi connectivity index (χ2v) is 10.6. The van der Waals surface area contributed by atoms with Crippen LogP contribution in [-0.2, 0) is 15.4 Å². The molecule has 1 aliphatic rings. The number of halogens is 2. The van der Waals surface area contributed by atoms with E-state index in [2.05, 4.69) is 15.0 Å². The summed E-state index contributed by atoms with van der Waals surface area (Å²) in [6.07, 6.45) is 0. The molecular weight excluding hydrogens is 423 g/mol. The van der Waals surface area contributed by atoms with E-state index in [0.29, 0.717) is 42.9 Å². The number of hydrogen-bond acceptors (Lipinski definition) is 6. The summed E-state index contributed by atoms with van der Waals surface area (Å²) < 4.78 is 32.8. The van der Waals surface area contributed by atoms with Crippen molar-refractivity contribution in [2.75, 3.05) is 26.2 Å². The van der Waals surface area contributed by atoms with Crippen LogP contribution in [0.1, 0.15) is 45.5 Å². The van der Waals surface area contributed by atoms with E-state index in [1.807, 2.05) is 27.7 Å². The van der Waals surface area contributed by atoms with Crippen molar-refractivity contribution >= 4 is 33.2 Å². The Labute approximate surface area is 175 Å². The van der Waals surface area contributed by atoms with Gasteiger partial charge in [-0.2, -0.15) is 9.29 Å². The standard InChI is InChI=1S/C18H24Cl2N4O3S/c1-12(16-21-17(22-27-16)18(2,3)4)23-7-9-24(10-8-23)28(25,26)15-11-13(19)5-6-14(15)20/h5-6,11-12H,7-10H2,1-4H3. The summed E-state index contributed by atoms with van der Waals surface area (Å²) in [5.74, 6) is 1.20. The zero-order valence-corrected chi connectivity index (χ0v) is 18.6. The fourth-order valence-electron chi connectivity index (χ4n) is 3.01. The average molecular weight is 447 g/mol. The monoisotopic (exact) mass is 446 g/mol. The van der Waals surface area contributed by atoms with E-state index in [0.717, 1.165) is 0 Å². The Bertz CT molecular complexity index is 948. The lowest BCUT2D eigenvalue weighted by atomic mass is 9.96. The number of rotatable bonds is 4. The molecule has 1 aliphatic heterocycles. The molecule has 0 spiro atoms. The van der Waals surface area contributed by atoms with Crippen LogP contribution in [-0.4, -0.2) is 53.9 Å². The average Bonchev–Trinajstić information content (AvgIpc) is 3.13. The van der Waals surface area contributed by atoms with Gasteiger partial charge < -0.3 is 4.52 Å². The molecule has 10 heteroatoms. The summed E-state index contributed by atoms with van der Waals surface area (Å²) in [4.78, 5) is 6.68. The van der Waals surface area contributed by atoms with Gasteiger partial charge >= 0.3 is 0 Å². The number of nitrogens with zero attached hydrogens (tertiary/aromatic N) is 4. The van der Waals surface area contributed by atoms with Gasteiger partial charge in [0.15, 0.2) is 5.82 Å². The maximum atomic E-state index is 12.9. The summed E-state index contributed by atoms with van der Waals surface area (Å²) in [5.41, 5.74) is -0.190. The van der Waals surface area contributed by atoms with Crippen molar-refractivity contribution in [3.63, 3.8) is 0 Å². The molecule has 154 valence electrons. The first-order valence-corrected chi connectivity index (χ1v) is 11.2. The quantitative estimate of drug-likeness (QED) is 0.711. The molecule has 0 radical (unpaired) electrons. The largest absolute Gasteiger partial charge is 0.338 e. The van der Waals surface area contributed by atoms with Crippen LogP contribution in [0.15, 0.2) is 27.6 Å². The second kappa shape index (κ2) is 7.91. The molecule has 0 N–H and O–H groups in total. The van der Waals surface area contributed by atoms with Crippen molar-refractivity contribution in [2.45, 2.75) is 44.0 Å². The van der Waals surface area contributed by atoms with Gasteiger partial charge in [0.05, 0.1) is 11.1 Å². The van der Waals surface area contributed by atoms with Gasteiger partial charge in [-0.15, -0.1) is 0 Å². The third-order valence-corrected chi connectivity index (χ3v) is 7.42. The first-order chi connectivity index (χ1) is 13.0. The van der Waals surface area contributed by atoms with Gasteiger partial charge in [0.2, 0.25) is 15.9 Å². The fourth-order valence-corrected chi connectivity index (χ4v) is 5.17. The van der Waals surface area contributed by atoms with Gasteiger partial charge in [-0.05, 0) is 25.1 Å². The van der Waals surface area contributed by atoms with Crippen molar-refractivity contribution in [1.29, 1.82) is 0 Å². The smallest absolute Gasteiger partial charge is 0.244 e. The molecule has 1 saturated heterocycles. The highest BCUT2D eigenvalue weighted by Crippen LogP contribution is 2.30. The predicted octanol–water partition coefficient (Wildman–Crippen LogP) is 3.74. The minimum Gasteiger partial charge on any atom is -0.338 e. The van der Waals surface area contributed by atoms with Gasteiger partial charge in [-0.25, -0.2) is 8.42 Å². The molecule has 2 heterocycles. The number of piperazine rings is 1. The minimum atomic E-state index is -3.71. The van der Waals surface area contributed by atoms with Gasteiger partial charge in [0.1, 0.15) is 4.90 Å². The highest BCUT2D eigenvalue weighted by atomic mass is 35.5. The topological polar surface area (TPSA) is 79.5 Å². The van der Waals surface area contributed by atoms with Crippen LogP contribution in [0.25, 0.3) is 0 Å². The number of hydrogen-bond donors (Lipinski definition) is 0. The maximum Gasteiger partial charge on any atom is 0.244 e. The van der Waals surface area contributed by atoms with Gasteiger partial charge in [0, 0.05) is 36.6 Å². The first kappa shape index (κ1) is 21.5. The van der Waals surface area contributed by atoms with Crippen LogP contribution in [0.3, 0.4) is 0 Å². The Balaban J connectivity index is 1.70. The van der Waals surface area contributed by atoms with E-state index >= 15 is 0 Å². The SMILES string of the molecule is CC(c1nc(C(C)(C)C)no1)N1CCN(S(=O)(=O)c2cc(Cl)ccc2Cl)CC1. The molecule has 2 aromatic rings. The summed E-state index contributed by atoms with van der Waals surface area (Å²) in [6, 6.07) is 4.36. The lowest BCUT2D eigenvalue weighted by molar-refractivity contribution is 0.124. The van der Waals surface area contributed by atoms with Gasteiger partial charge in [-0.1, -0.05) is 49.1 Å². The molecular formula is C18H24Cl2N4O3S. The van der Waals surface area contributed by atoms with E-state index in [-0.39, 0.29) is 21.4 Å². The van der Waals surface area contributed by atoms with Crippen LogP contribution in [0.2, 0.25) is 10.0 Å². The lowest BCUT2D eigenvalue weighted by Crippen LogP contribution is -2.49. The molecule has 1 aromatic heterocycles. The van der Waals surface area contributed by atoms with E-state index in [1.165, 1.54) is 16.4 Å². The lowest BCUT2D eigenvalue weighted by Gasteiger charge is -2.36. The van der Waals surface area contributed by atoms with Crippen molar-refractivity contribution in [3.8, 4) is 0 Å². The molecule has 28 heavy (non-hydrogen) atoms. The Morgan fingerprint density at radius 3 is 2.36 bits per heavy atom. The summed E-state index contributed by atoms with van der Waals surface area (Å²) >= 11 is 12.1. The van der Waals surface area contributed by atoms with E-state index in [9.17, 15) is 8.42 Å². The molecule has 0 bridgehead atoms. The molecule has 0 amide bonds. The van der Waals surface area contributed by atoms with E-state index in [1.54, 1.807) is 6.07 Å². The van der Waals surface area contributed by atoms with Crippen molar-refractivity contribution < 1.29 is 12.9 Å². The van der Waals surface area contributed by atoms with E-state index < -0.39 is 10.0 Å². The van der Waals surface area contributed by atoms with Crippen molar-refractivity contribution in [3.05, 3.63) is 40.0 Å². The van der Waals surface area contributed by atoms with Crippen LogP contribution in [0.5, 0.6) is 0 Å². The van der Waals surface area contributed by atoms with Gasteiger partial charge in [-0.3, -0.25) is 4.90 Å². The summed E-state index contributed by atoms with van der Waals surface area (Å²) in [7, 11) is -3.71. The first-order valence-electron chi connectivity index (χ1n) is 9.03. The predicted molar refractivity (Wildman–Crippen MR) is 108 cm³/mol. The fraction of sp³-hybridized carbons (Fsp3) is 0.556. The molecule has 1 atom stereocenters. The summed E-state index contributed by atoms with van der Waals surface area (Å²) in [5, 5.41) is 4.57. The normalized spacial score (nSPS) is 18.4. The molecule has 1 unspecified atom stereocenters. The maximum absolute atomic E-state index is 12.9. The third-order valence-electron chi connectivity index (χ3n) is 4.80. The summed E-state index contributed by atoms with van der Waals surface area (Å²) in [6.45, 7) is 9.84. The Morgan fingerprint density at radius 1 is 1.14 bits per heavy atom. The zero-order valence-electron chi connectivity index (χ0n) is 16.3. The second-order valence-electron chi connectivity index (χ2n) is 7.90.